The lowest BCUT2D eigenvalue weighted by atomic mass is 9.91. The van der Waals surface area contributed by atoms with E-state index in [0.717, 1.165) is 25.9 Å². The van der Waals surface area contributed by atoms with Crippen LogP contribution >= 0.6 is 0 Å². The summed E-state index contributed by atoms with van der Waals surface area (Å²) in [6.45, 7) is 10.7. The van der Waals surface area contributed by atoms with Crippen molar-refractivity contribution in [3.05, 3.63) is 35.4 Å². The summed E-state index contributed by atoms with van der Waals surface area (Å²) in [5.41, 5.74) is 2.51. The minimum absolute atomic E-state index is 0.0481. The molecule has 0 N–H and O–H groups in total. The number of likely N-dealkylation sites (tertiary alicyclic amines) is 1. The fourth-order valence-corrected chi connectivity index (χ4v) is 2.88. The number of carbonyl (C=O) groups is 1. The van der Waals surface area contributed by atoms with E-state index in [1.54, 1.807) is 0 Å². The van der Waals surface area contributed by atoms with Crippen molar-refractivity contribution in [1.82, 2.24) is 4.90 Å². The Labute approximate surface area is 134 Å². The first kappa shape index (κ1) is 17.0. The van der Waals surface area contributed by atoms with Crippen molar-refractivity contribution in [3.8, 4) is 0 Å². The number of piperidine rings is 1. The second-order valence-corrected chi connectivity index (χ2v) is 7.64. The predicted octanol–water partition coefficient (Wildman–Crippen LogP) is 3.94. The number of hydrogen-bond acceptors (Lipinski definition) is 2. The quantitative estimate of drug-likeness (QED) is 0.843. The fourth-order valence-electron chi connectivity index (χ4n) is 2.88. The third-order valence-electron chi connectivity index (χ3n) is 3.98. The maximum atomic E-state index is 12.3. The number of carbonyl (C=O) groups excluding carboxylic acids is 1. The molecule has 0 aromatic heterocycles. The van der Waals surface area contributed by atoms with E-state index in [1.165, 1.54) is 11.1 Å². The topological polar surface area (TPSA) is 29.5 Å². The Balaban J connectivity index is 1.84. The van der Waals surface area contributed by atoms with E-state index < -0.39 is 0 Å². The molecule has 1 unspecified atom stereocenters. The second-order valence-electron chi connectivity index (χ2n) is 7.64. The molecule has 1 atom stereocenters. The van der Waals surface area contributed by atoms with Gasteiger partial charge in [0.15, 0.2) is 0 Å². The number of rotatable bonds is 4. The van der Waals surface area contributed by atoms with Crippen molar-refractivity contribution >= 4 is 5.91 Å². The summed E-state index contributed by atoms with van der Waals surface area (Å²) in [5, 5.41) is 0. The van der Waals surface area contributed by atoms with Gasteiger partial charge in [-0.25, -0.2) is 0 Å². The van der Waals surface area contributed by atoms with E-state index in [-0.39, 0.29) is 17.4 Å². The molecule has 3 nitrogen and oxygen atoms in total. The molecule has 0 radical (unpaired) electrons. The van der Waals surface area contributed by atoms with Crippen LogP contribution in [0.25, 0.3) is 0 Å². The zero-order chi connectivity index (χ0) is 16.2. The Hall–Kier alpha value is -1.35. The van der Waals surface area contributed by atoms with E-state index in [9.17, 15) is 4.79 Å². The van der Waals surface area contributed by atoms with Gasteiger partial charge in [-0.15, -0.1) is 0 Å². The van der Waals surface area contributed by atoms with E-state index in [1.807, 2.05) is 4.90 Å². The molecule has 0 saturated carbocycles. The summed E-state index contributed by atoms with van der Waals surface area (Å²) in [6, 6.07) is 8.41. The van der Waals surface area contributed by atoms with Gasteiger partial charge in [-0.3, -0.25) is 4.79 Å². The smallest absolute Gasteiger partial charge is 0.223 e. The molecule has 1 aromatic carbocycles. The van der Waals surface area contributed by atoms with Gasteiger partial charge in [-0.1, -0.05) is 50.6 Å². The molecule has 1 amide bonds. The van der Waals surface area contributed by atoms with Gasteiger partial charge in [0.25, 0.3) is 0 Å². The lowest BCUT2D eigenvalue weighted by molar-refractivity contribution is -0.137. The van der Waals surface area contributed by atoms with Crippen molar-refractivity contribution in [2.45, 2.75) is 59.7 Å². The number of aryl methyl sites for hydroxylation is 1. The molecule has 0 spiro atoms. The first-order valence-corrected chi connectivity index (χ1v) is 8.28. The molecule has 1 heterocycles. The molecule has 1 aromatic rings. The van der Waals surface area contributed by atoms with E-state index in [0.29, 0.717) is 13.0 Å². The molecule has 1 aliphatic heterocycles. The van der Waals surface area contributed by atoms with Crippen LogP contribution in [0.3, 0.4) is 0 Å². The van der Waals surface area contributed by atoms with Gasteiger partial charge in [-0.05, 0) is 30.7 Å². The van der Waals surface area contributed by atoms with Crippen LogP contribution in [0.4, 0.5) is 0 Å². The second kappa shape index (κ2) is 7.28. The van der Waals surface area contributed by atoms with Gasteiger partial charge in [0, 0.05) is 19.5 Å². The summed E-state index contributed by atoms with van der Waals surface area (Å²) in [6.07, 6.45) is 2.86. The molecule has 1 saturated heterocycles. The van der Waals surface area contributed by atoms with E-state index in [2.05, 4.69) is 52.0 Å². The van der Waals surface area contributed by atoms with Gasteiger partial charge in [-0.2, -0.15) is 0 Å². The van der Waals surface area contributed by atoms with Crippen LogP contribution < -0.4 is 0 Å². The Bertz CT molecular complexity index is 504. The molecule has 1 aliphatic rings. The summed E-state index contributed by atoms with van der Waals surface area (Å²) in [4.78, 5) is 14.3. The average molecular weight is 303 g/mol. The van der Waals surface area contributed by atoms with Gasteiger partial charge in [0.2, 0.25) is 5.91 Å². The largest absolute Gasteiger partial charge is 0.372 e. The molecule has 22 heavy (non-hydrogen) atoms. The third kappa shape index (κ3) is 5.45. The highest BCUT2D eigenvalue weighted by Crippen LogP contribution is 2.22. The zero-order valence-corrected chi connectivity index (χ0v) is 14.4. The van der Waals surface area contributed by atoms with Crippen molar-refractivity contribution in [2.75, 3.05) is 13.1 Å². The molecule has 3 heteroatoms. The molecular weight excluding hydrogens is 274 g/mol. The Morgan fingerprint density at radius 2 is 2.14 bits per heavy atom. The third-order valence-corrected chi connectivity index (χ3v) is 3.98. The number of ether oxygens (including phenoxy) is 1. The zero-order valence-electron chi connectivity index (χ0n) is 14.4. The SMILES string of the molecule is Cc1cccc(COC2CCCN(C(=O)CC(C)(C)C)C2)c1. The molecular formula is C19H29NO2. The van der Waals surface area contributed by atoms with Crippen molar-refractivity contribution < 1.29 is 9.53 Å². The van der Waals surface area contributed by atoms with Gasteiger partial charge < -0.3 is 9.64 Å². The lowest BCUT2D eigenvalue weighted by Crippen LogP contribution is -2.44. The molecule has 0 bridgehead atoms. The van der Waals surface area contributed by atoms with Crippen LogP contribution in [0.15, 0.2) is 24.3 Å². The predicted molar refractivity (Wildman–Crippen MR) is 89.6 cm³/mol. The number of benzene rings is 1. The first-order chi connectivity index (χ1) is 10.3. The van der Waals surface area contributed by atoms with Crippen LogP contribution in [-0.4, -0.2) is 30.0 Å². The average Bonchev–Trinajstić information content (AvgIpc) is 2.44. The summed E-state index contributed by atoms with van der Waals surface area (Å²) in [7, 11) is 0. The van der Waals surface area contributed by atoms with E-state index >= 15 is 0 Å². The van der Waals surface area contributed by atoms with Gasteiger partial charge in [0.05, 0.1) is 12.7 Å². The van der Waals surface area contributed by atoms with Crippen molar-refractivity contribution in [3.63, 3.8) is 0 Å². The molecule has 122 valence electrons. The highest BCUT2D eigenvalue weighted by molar-refractivity contribution is 5.76. The summed E-state index contributed by atoms with van der Waals surface area (Å²) in [5.74, 6) is 0.261. The fraction of sp³-hybridized carbons (Fsp3) is 0.632. The molecule has 2 rings (SSSR count). The number of amides is 1. The van der Waals surface area contributed by atoms with Crippen LogP contribution in [0, 0.1) is 12.3 Å². The Kier molecular flexibility index (Phi) is 5.63. The maximum absolute atomic E-state index is 12.3. The monoisotopic (exact) mass is 303 g/mol. The highest BCUT2D eigenvalue weighted by atomic mass is 16.5. The summed E-state index contributed by atoms with van der Waals surface area (Å²) >= 11 is 0. The standard InChI is InChI=1S/C19H29NO2/c1-15-7-5-8-16(11-15)14-22-17-9-6-10-20(13-17)18(21)12-19(2,3)4/h5,7-8,11,17H,6,9-10,12-14H2,1-4H3. The maximum Gasteiger partial charge on any atom is 0.223 e. The van der Waals surface area contributed by atoms with Crippen LogP contribution in [0.1, 0.15) is 51.2 Å². The van der Waals surface area contributed by atoms with E-state index in [4.69, 9.17) is 4.74 Å². The van der Waals surface area contributed by atoms with Gasteiger partial charge >= 0.3 is 0 Å². The molecule has 0 aliphatic carbocycles. The van der Waals surface area contributed by atoms with Crippen LogP contribution in [-0.2, 0) is 16.1 Å². The van der Waals surface area contributed by atoms with Crippen LogP contribution in [0.5, 0.6) is 0 Å². The first-order valence-electron chi connectivity index (χ1n) is 8.28. The molecule has 1 fully saturated rings. The van der Waals surface area contributed by atoms with Crippen molar-refractivity contribution in [2.24, 2.45) is 5.41 Å². The normalized spacial score (nSPS) is 19.3. The Morgan fingerprint density at radius 1 is 1.36 bits per heavy atom. The van der Waals surface area contributed by atoms with Crippen molar-refractivity contribution in [1.29, 1.82) is 0 Å². The van der Waals surface area contributed by atoms with Crippen LogP contribution in [0.2, 0.25) is 0 Å². The lowest BCUT2D eigenvalue weighted by Gasteiger charge is -2.34. The minimum atomic E-state index is 0.0481. The number of nitrogens with zero attached hydrogens (tertiary/aromatic N) is 1. The summed E-state index contributed by atoms with van der Waals surface area (Å²) < 4.78 is 6.04. The highest BCUT2D eigenvalue weighted by Gasteiger charge is 2.26. The number of hydrogen-bond donors (Lipinski definition) is 0. The van der Waals surface area contributed by atoms with Gasteiger partial charge in [0.1, 0.15) is 0 Å². The minimum Gasteiger partial charge on any atom is -0.372 e. The Morgan fingerprint density at radius 3 is 2.82 bits per heavy atom.